The van der Waals surface area contributed by atoms with E-state index in [2.05, 4.69) is 4.99 Å². The van der Waals surface area contributed by atoms with E-state index in [1.807, 2.05) is 6.26 Å². The number of aliphatic hydroxyl groups is 1. The van der Waals surface area contributed by atoms with Crippen LogP contribution in [0.4, 0.5) is 0 Å². The van der Waals surface area contributed by atoms with E-state index in [-0.39, 0.29) is 17.1 Å². The Morgan fingerprint density at radius 3 is 2.83 bits per heavy atom. The molecule has 0 amide bonds. The highest BCUT2D eigenvalue weighted by molar-refractivity contribution is 7.98. The second-order valence-corrected chi connectivity index (χ2v) is 5.04. The first-order chi connectivity index (χ1) is 8.56. The van der Waals surface area contributed by atoms with Gasteiger partial charge in [0.2, 0.25) is 0 Å². The molecular weight excluding hydrogens is 254 g/mol. The number of rotatable bonds is 6. The number of aliphatic carboxylic acids is 1. The lowest BCUT2D eigenvalue weighted by atomic mass is 9.97. The number of carbonyl (C=O) groups is 2. The van der Waals surface area contributed by atoms with Gasteiger partial charge in [0.25, 0.3) is 0 Å². The number of carbonyl (C=O) groups excluding carboxylic acids is 1. The normalized spacial score (nSPS) is 18.4. The van der Waals surface area contributed by atoms with E-state index in [1.54, 1.807) is 11.8 Å². The van der Waals surface area contributed by atoms with Crippen LogP contribution in [0.1, 0.15) is 25.7 Å². The Labute approximate surface area is 110 Å². The fraction of sp³-hybridized carbons (Fsp3) is 0.583. The fourth-order valence-electron chi connectivity index (χ4n) is 1.65. The zero-order valence-corrected chi connectivity index (χ0v) is 11.1. The second-order valence-electron chi connectivity index (χ2n) is 4.05. The highest BCUT2D eigenvalue weighted by atomic mass is 32.2. The lowest BCUT2D eigenvalue weighted by Gasteiger charge is -2.12. The van der Waals surface area contributed by atoms with Gasteiger partial charge in [0.05, 0.1) is 5.57 Å². The summed E-state index contributed by atoms with van der Waals surface area (Å²) in [7, 11) is 0. The molecule has 1 rings (SSSR count). The summed E-state index contributed by atoms with van der Waals surface area (Å²) in [6, 6.07) is -0.854. The number of nitrogens with zero attached hydrogens (tertiary/aromatic N) is 1. The average Bonchev–Trinajstić information content (AvgIpc) is 2.31. The molecule has 0 unspecified atom stereocenters. The third kappa shape index (κ3) is 4.18. The molecule has 0 saturated carbocycles. The van der Waals surface area contributed by atoms with Crippen LogP contribution in [0.15, 0.2) is 16.3 Å². The number of carboxylic acid groups (broad SMARTS) is 1. The number of thioether (sulfide) groups is 1. The zero-order valence-electron chi connectivity index (χ0n) is 10.3. The summed E-state index contributed by atoms with van der Waals surface area (Å²) >= 11 is 1.54. The lowest BCUT2D eigenvalue weighted by Crippen LogP contribution is -2.20. The summed E-state index contributed by atoms with van der Waals surface area (Å²) in [5, 5.41) is 18.6. The monoisotopic (exact) mass is 271 g/mol. The average molecular weight is 271 g/mol. The van der Waals surface area contributed by atoms with Gasteiger partial charge in [-0.25, -0.2) is 4.79 Å². The molecule has 0 aromatic carbocycles. The first kappa shape index (κ1) is 14.8. The Balaban J connectivity index is 2.76. The molecule has 0 bridgehead atoms. The summed E-state index contributed by atoms with van der Waals surface area (Å²) in [6.07, 6.45) is 4.99. The molecular formula is C12H17NO4S. The molecule has 1 atom stereocenters. The second kappa shape index (κ2) is 7.20. The third-order valence-corrected chi connectivity index (χ3v) is 3.34. The van der Waals surface area contributed by atoms with Gasteiger partial charge in [-0.15, -0.1) is 0 Å². The summed E-state index contributed by atoms with van der Waals surface area (Å²) in [5.41, 5.74) is 0.164. The molecule has 100 valence electrons. The summed E-state index contributed by atoms with van der Waals surface area (Å²) in [6.45, 7) is 0. The van der Waals surface area contributed by atoms with E-state index in [4.69, 9.17) is 5.11 Å². The summed E-state index contributed by atoms with van der Waals surface area (Å²) in [4.78, 5) is 26.4. The van der Waals surface area contributed by atoms with Gasteiger partial charge in [-0.2, -0.15) is 11.8 Å². The summed E-state index contributed by atoms with van der Waals surface area (Å²) < 4.78 is 0. The highest BCUT2D eigenvalue weighted by Crippen LogP contribution is 2.18. The number of carboxylic acids is 1. The van der Waals surface area contributed by atoms with Gasteiger partial charge in [-0.1, -0.05) is 0 Å². The Kier molecular flexibility index (Phi) is 5.91. The Morgan fingerprint density at radius 2 is 2.28 bits per heavy atom. The van der Waals surface area contributed by atoms with Gasteiger partial charge in [0, 0.05) is 19.1 Å². The van der Waals surface area contributed by atoms with E-state index in [0.717, 1.165) is 0 Å². The van der Waals surface area contributed by atoms with E-state index in [0.29, 0.717) is 31.4 Å². The van der Waals surface area contributed by atoms with Crippen molar-refractivity contribution in [3.63, 3.8) is 0 Å². The van der Waals surface area contributed by atoms with Crippen LogP contribution in [0, 0.1) is 0 Å². The van der Waals surface area contributed by atoms with E-state index in [1.165, 1.54) is 6.21 Å². The molecule has 0 aromatic rings. The van der Waals surface area contributed by atoms with Crippen LogP contribution in [0.3, 0.4) is 0 Å². The fourth-order valence-corrected chi connectivity index (χ4v) is 2.11. The molecule has 0 heterocycles. The highest BCUT2D eigenvalue weighted by Gasteiger charge is 2.20. The summed E-state index contributed by atoms with van der Waals surface area (Å²) in [5.74, 6) is -0.475. The molecule has 1 aliphatic carbocycles. The van der Waals surface area contributed by atoms with Crippen molar-refractivity contribution < 1.29 is 19.8 Å². The van der Waals surface area contributed by atoms with Gasteiger partial charge < -0.3 is 10.2 Å². The molecule has 0 fully saturated rings. The molecule has 6 heteroatoms. The SMILES string of the molecule is CSCC[C@@H](N=CC1=C(O)CCCC1=O)C(=O)O. The van der Waals surface area contributed by atoms with Crippen molar-refractivity contribution in [3.05, 3.63) is 11.3 Å². The standard InChI is InChI=1S/C12H17NO4S/c1-18-6-5-9(12(16)17)13-7-8-10(14)3-2-4-11(8)15/h7,9,14H,2-6H2,1H3,(H,16,17)/t9-/m1/s1. The Hall–Kier alpha value is -1.30. The maximum atomic E-state index is 11.5. The number of Topliss-reactive ketones (excluding diaryl/α,β-unsaturated/α-hetero) is 1. The van der Waals surface area contributed by atoms with Crippen molar-refractivity contribution in [1.82, 2.24) is 0 Å². The van der Waals surface area contributed by atoms with Crippen molar-refractivity contribution in [3.8, 4) is 0 Å². The topological polar surface area (TPSA) is 87.0 Å². The largest absolute Gasteiger partial charge is 0.512 e. The Morgan fingerprint density at radius 1 is 1.56 bits per heavy atom. The molecule has 0 aromatic heterocycles. The Bertz CT molecular complexity index is 390. The molecule has 2 N–H and O–H groups in total. The van der Waals surface area contributed by atoms with Crippen molar-refractivity contribution in [2.75, 3.05) is 12.0 Å². The molecule has 0 radical (unpaired) electrons. The number of hydrogen-bond donors (Lipinski definition) is 2. The molecule has 1 aliphatic rings. The molecule has 0 saturated heterocycles. The number of aliphatic imine (C=N–C) groups is 1. The van der Waals surface area contributed by atoms with E-state index in [9.17, 15) is 14.7 Å². The lowest BCUT2D eigenvalue weighted by molar-refractivity contribution is -0.138. The van der Waals surface area contributed by atoms with E-state index >= 15 is 0 Å². The molecule has 18 heavy (non-hydrogen) atoms. The van der Waals surface area contributed by atoms with Crippen LogP contribution in [-0.4, -0.2) is 46.2 Å². The number of aliphatic hydroxyl groups excluding tert-OH is 1. The first-order valence-electron chi connectivity index (χ1n) is 5.76. The van der Waals surface area contributed by atoms with Crippen LogP contribution >= 0.6 is 11.8 Å². The minimum atomic E-state index is -1.01. The van der Waals surface area contributed by atoms with Crippen LogP contribution in [0.25, 0.3) is 0 Å². The van der Waals surface area contributed by atoms with Crippen molar-refractivity contribution in [2.45, 2.75) is 31.7 Å². The van der Waals surface area contributed by atoms with Crippen LogP contribution in [-0.2, 0) is 9.59 Å². The van der Waals surface area contributed by atoms with Crippen molar-refractivity contribution in [2.24, 2.45) is 4.99 Å². The predicted molar refractivity (Wildman–Crippen MR) is 71.4 cm³/mol. The van der Waals surface area contributed by atoms with Gasteiger partial charge in [-0.05, 0) is 24.9 Å². The number of hydrogen-bond acceptors (Lipinski definition) is 5. The first-order valence-corrected chi connectivity index (χ1v) is 7.16. The quantitative estimate of drug-likeness (QED) is 0.720. The minimum absolute atomic E-state index is 0.0176. The maximum absolute atomic E-state index is 11.5. The van der Waals surface area contributed by atoms with Gasteiger partial charge in [0.15, 0.2) is 5.78 Å². The van der Waals surface area contributed by atoms with E-state index < -0.39 is 12.0 Å². The van der Waals surface area contributed by atoms with Gasteiger partial charge in [-0.3, -0.25) is 9.79 Å². The zero-order chi connectivity index (χ0) is 13.5. The third-order valence-electron chi connectivity index (χ3n) is 2.69. The smallest absolute Gasteiger partial charge is 0.328 e. The number of ketones is 1. The minimum Gasteiger partial charge on any atom is -0.512 e. The number of allylic oxidation sites excluding steroid dienone is 2. The van der Waals surface area contributed by atoms with Crippen LogP contribution < -0.4 is 0 Å². The van der Waals surface area contributed by atoms with Crippen molar-refractivity contribution in [1.29, 1.82) is 0 Å². The van der Waals surface area contributed by atoms with Crippen LogP contribution in [0.2, 0.25) is 0 Å². The molecule has 0 spiro atoms. The van der Waals surface area contributed by atoms with Crippen molar-refractivity contribution >= 4 is 29.7 Å². The van der Waals surface area contributed by atoms with Gasteiger partial charge in [0.1, 0.15) is 11.8 Å². The maximum Gasteiger partial charge on any atom is 0.328 e. The molecule has 5 nitrogen and oxygen atoms in total. The van der Waals surface area contributed by atoms with Crippen LogP contribution in [0.5, 0.6) is 0 Å². The molecule has 0 aliphatic heterocycles. The predicted octanol–water partition coefficient (Wildman–Crippen LogP) is 1.83. The van der Waals surface area contributed by atoms with Gasteiger partial charge >= 0.3 is 5.97 Å².